The van der Waals surface area contributed by atoms with Crippen LogP contribution in [0.4, 0.5) is 0 Å². The van der Waals surface area contributed by atoms with E-state index in [0.29, 0.717) is 12.5 Å². The largest absolute Gasteiger partial charge is 0.480 e. The summed E-state index contributed by atoms with van der Waals surface area (Å²) in [7, 11) is 1.61. The lowest BCUT2D eigenvalue weighted by atomic mass is 9.79. The van der Waals surface area contributed by atoms with E-state index in [0.717, 1.165) is 32.1 Å². The van der Waals surface area contributed by atoms with Gasteiger partial charge in [-0.1, -0.05) is 12.8 Å². The third-order valence-corrected chi connectivity index (χ3v) is 3.54. The molecular formula is C11H19NO3. The van der Waals surface area contributed by atoms with Crippen molar-refractivity contribution in [1.82, 2.24) is 5.32 Å². The SMILES string of the molecule is COC1CCCCC1(NC1CC1)C(=O)O. The Morgan fingerprint density at radius 2 is 2.13 bits per heavy atom. The van der Waals surface area contributed by atoms with Crippen molar-refractivity contribution in [2.75, 3.05) is 7.11 Å². The second-order valence-corrected chi connectivity index (χ2v) is 4.67. The Kier molecular flexibility index (Phi) is 2.98. The molecule has 2 atom stereocenters. The van der Waals surface area contributed by atoms with Crippen LogP contribution in [0.15, 0.2) is 0 Å². The number of methoxy groups -OCH3 is 1. The molecule has 0 radical (unpaired) electrons. The second kappa shape index (κ2) is 4.10. The van der Waals surface area contributed by atoms with Gasteiger partial charge >= 0.3 is 5.97 Å². The molecule has 2 N–H and O–H groups in total. The van der Waals surface area contributed by atoms with Gasteiger partial charge in [0.2, 0.25) is 0 Å². The lowest BCUT2D eigenvalue weighted by molar-refractivity contribution is -0.154. The van der Waals surface area contributed by atoms with Crippen LogP contribution in [-0.4, -0.2) is 35.9 Å². The molecule has 0 aromatic heterocycles. The molecule has 4 heteroatoms. The third-order valence-electron chi connectivity index (χ3n) is 3.54. The first-order valence-electron chi connectivity index (χ1n) is 5.73. The normalized spacial score (nSPS) is 36.5. The number of hydrogen-bond donors (Lipinski definition) is 2. The first-order valence-corrected chi connectivity index (χ1v) is 5.73. The van der Waals surface area contributed by atoms with Gasteiger partial charge in [-0.3, -0.25) is 10.1 Å². The second-order valence-electron chi connectivity index (χ2n) is 4.67. The van der Waals surface area contributed by atoms with Gasteiger partial charge in [0.1, 0.15) is 5.54 Å². The predicted molar refractivity (Wildman–Crippen MR) is 55.8 cm³/mol. The number of ether oxygens (including phenoxy) is 1. The van der Waals surface area contributed by atoms with Crippen LogP contribution < -0.4 is 5.32 Å². The van der Waals surface area contributed by atoms with Crippen LogP contribution in [0.5, 0.6) is 0 Å². The molecule has 0 heterocycles. The molecule has 86 valence electrons. The predicted octanol–water partition coefficient (Wildman–Crippen LogP) is 1.15. The maximum absolute atomic E-state index is 11.5. The van der Waals surface area contributed by atoms with Crippen LogP contribution in [-0.2, 0) is 9.53 Å². The minimum absolute atomic E-state index is 0.177. The molecule has 0 aliphatic heterocycles. The quantitative estimate of drug-likeness (QED) is 0.735. The summed E-state index contributed by atoms with van der Waals surface area (Å²) in [4.78, 5) is 11.5. The van der Waals surface area contributed by atoms with E-state index in [1.807, 2.05) is 0 Å². The number of aliphatic carboxylic acids is 1. The molecule has 0 bridgehead atoms. The highest BCUT2D eigenvalue weighted by molar-refractivity contribution is 5.80. The highest BCUT2D eigenvalue weighted by atomic mass is 16.5. The van der Waals surface area contributed by atoms with Gasteiger partial charge in [0.15, 0.2) is 0 Å². The summed E-state index contributed by atoms with van der Waals surface area (Å²) in [5.41, 5.74) is -0.825. The van der Waals surface area contributed by atoms with Crippen LogP contribution >= 0.6 is 0 Å². The molecule has 0 aromatic carbocycles. The van der Waals surface area contributed by atoms with Crippen LogP contribution in [0, 0.1) is 0 Å². The Morgan fingerprint density at radius 1 is 1.40 bits per heavy atom. The van der Waals surface area contributed by atoms with Gasteiger partial charge in [0.25, 0.3) is 0 Å². The van der Waals surface area contributed by atoms with Gasteiger partial charge in [-0.2, -0.15) is 0 Å². The average molecular weight is 213 g/mol. The molecule has 2 rings (SSSR count). The van der Waals surface area contributed by atoms with E-state index in [2.05, 4.69) is 5.32 Å². The van der Waals surface area contributed by atoms with E-state index >= 15 is 0 Å². The summed E-state index contributed by atoms with van der Waals surface area (Å²) < 4.78 is 5.35. The lowest BCUT2D eigenvalue weighted by Gasteiger charge is -2.40. The molecule has 0 saturated heterocycles. The number of rotatable bonds is 4. The molecule has 2 aliphatic carbocycles. The van der Waals surface area contributed by atoms with Gasteiger partial charge in [0, 0.05) is 13.2 Å². The first-order chi connectivity index (χ1) is 7.19. The molecule has 15 heavy (non-hydrogen) atoms. The molecule has 4 nitrogen and oxygen atoms in total. The molecule has 2 aliphatic rings. The zero-order valence-electron chi connectivity index (χ0n) is 9.16. The van der Waals surface area contributed by atoms with Crippen LogP contribution in [0.1, 0.15) is 38.5 Å². The van der Waals surface area contributed by atoms with E-state index < -0.39 is 11.5 Å². The van der Waals surface area contributed by atoms with Gasteiger partial charge in [-0.15, -0.1) is 0 Å². The van der Waals surface area contributed by atoms with Crippen molar-refractivity contribution in [3.05, 3.63) is 0 Å². The monoisotopic (exact) mass is 213 g/mol. The van der Waals surface area contributed by atoms with E-state index in [1.165, 1.54) is 0 Å². The average Bonchev–Trinajstić information content (AvgIpc) is 3.02. The molecule has 0 aromatic rings. The fraction of sp³-hybridized carbons (Fsp3) is 0.909. The summed E-state index contributed by atoms with van der Waals surface area (Å²) >= 11 is 0. The van der Waals surface area contributed by atoms with E-state index in [9.17, 15) is 9.90 Å². The fourth-order valence-corrected chi connectivity index (χ4v) is 2.52. The summed E-state index contributed by atoms with van der Waals surface area (Å²) in [5.74, 6) is -0.749. The molecule has 2 saturated carbocycles. The zero-order valence-corrected chi connectivity index (χ0v) is 9.16. The number of carboxylic acid groups (broad SMARTS) is 1. The molecule has 0 amide bonds. The van der Waals surface area contributed by atoms with Crippen LogP contribution in [0.25, 0.3) is 0 Å². The Balaban J connectivity index is 2.15. The highest BCUT2D eigenvalue weighted by Gasteiger charge is 2.50. The molecule has 0 spiro atoms. The maximum Gasteiger partial charge on any atom is 0.326 e. The highest BCUT2D eigenvalue weighted by Crippen LogP contribution is 2.34. The summed E-state index contributed by atoms with van der Waals surface area (Å²) in [6.45, 7) is 0. The van der Waals surface area contributed by atoms with Crippen molar-refractivity contribution in [1.29, 1.82) is 0 Å². The van der Waals surface area contributed by atoms with E-state index in [4.69, 9.17) is 4.74 Å². The minimum atomic E-state index is -0.825. The number of hydrogen-bond acceptors (Lipinski definition) is 3. The van der Waals surface area contributed by atoms with Gasteiger partial charge in [-0.05, 0) is 25.7 Å². The van der Waals surface area contributed by atoms with Crippen molar-refractivity contribution < 1.29 is 14.6 Å². The van der Waals surface area contributed by atoms with Gasteiger partial charge in [-0.25, -0.2) is 0 Å². The fourth-order valence-electron chi connectivity index (χ4n) is 2.52. The van der Waals surface area contributed by atoms with E-state index in [-0.39, 0.29) is 6.10 Å². The summed E-state index contributed by atoms with van der Waals surface area (Å²) in [6.07, 6.45) is 5.62. The van der Waals surface area contributed by atoms with E-state index in [1.54, 1.807) is 7.11 Å². The van der Waals surface area contributed by atoms with Crippen LogP contribution in [0.2, 0.25) is 0 Å². The minimum Gasteiger partial charge on any atom is -0.480 e. The van der Waals surface area contributed by atoms with Gasteiger partial charge < -0.3 is 9.84 Å². The lowest BCUT2D eigenvalue weighted by Crippen LogP contribution is -2.62. The van der Waals surface area contributed by atoms with Crippen molar-refractivity contribution >= 4 is 5.97 Å². The maximum atomic E-state index is 11.5. The Morgan fingerprint density at radius 3 is 2.67 bits per heavy atom. The third kappa shape index (κ3) is 2.01. The van der Waals surface area contributed by atoms with Crippen LogP contribution in [0.3, 0.4) is 0 Å². The van der Waals surface area contributed by atoms with Crippen molar-refractivity contribution in [3.8, 4) is 0 Å². The first kappa shape index (κ1) is 10.9. The smallest absolute Gasteiger partial charge is 0.326 e. The van der Waals surface area contributed by atoms with Crippen molar-refractivity contribution in [2.45, 2.75) is 56.2 Å². The summed E-state index contributed by atoms with van der Waals surface area (Å²) in [5, 5.41) is 12.7. The Hall–Kier alpha value is -0.610. The number of carbonyl (C=O) groups is 1. The molecule has 2 fully saturated rings. The van der Waals surface area contributed by atoms with Crippen molar-refractivity contribution in [2.24, 2.45) is 0 Å². The molecular weight excluding hydrogens is 194 g/mol. The zero-order chi connectivity index (χ0) is 10.9. The number of carboxylic acids is 1. The Labute approximate surface area is 90.0 Å². The van der Waals surface area contributed by atoms with Crippen molar-refractivity contribution in [3.63, 3.8) is 0 Å². The Bertz CT molecular complexity index is 252. The molecule has 2 unspecified atom stereocenters. The topological polar surface area (TPSA) is 58.6 Å². The standard InChI is InChI=1S/C11H19NO3/c1-15-9-4-2-3-7-11(9,10(13)14)12-8-5-6-8/h8-9,12H,2-7H2,1H3,(H,13,14). The number of nitrogens with one attached hydrogen (secondary N) is 1. The summed E-state index contributed by atoms with van der Waals surface area (Å²) in [6, 6.07) is 0.400. The van der Waals surface area contributed by atoms with Gasteiger partial charge in [0.05, 0.1) is 6.10 Å².